The van der Waals surface area contributed by atoms with Gasteiger partial charge in [-0.2, -0.15) is 0 Å². The van der Waals surface area contributed by atoms with E-state index in [4.69, 9.17) is 10.7 Å². The number of benzene rings is 3. The standard InChI is InChI=1S/C26H25N5O/c1-18-17-30(21-10-6-3-7-11-21)14-15-31(18)26(32)20-12-13-22-23(16-20)29-25(27)24(28-22)19-8-4-2-5-9-19/h2-13,16,18H,14-15,17H2,1H3,(H2,27,29). The number of para-hydroxylation sites is 1. The van der Waals surface area contributed by atoms with Gasteiger partial charge in [0.15, 0.2) is 5.82 Å². The number of carbonyl (C=O) groups excluding carboxylic acids is 1. The number of aromatic nitrogens is 2. The van der Waals surface area contributed by atoms with E-state index in [0.29, 0.717) is 29.1 Å². The highest BCUT2D eigenvalue weighted by molar-refractivity contribution is 5.98. The highest BCUT2D eigenvalue weighted by Gasteiger charge is 2.28. The molecule has 1 aliphatic heterocycles. The fourth-order valence-corrected chi connectivity index (χ4v) is 4.31. The Morgan fingerprint density at radius 3 is 2.34 bits per heavy atom. The van der Waals surface area contributed by atoms with Gasteiger partial charge in [-0.05, 0) is 37.3 Å². The van der Waals surface area contributed by atoms with Crippen molar-refractivity contribution in [2.24, 2.45) is 0 Å². The molecule has 2 N–H and O–H groups in total. The van der Waals surface area contributed by atoms with Gasteiger partial charge in [0.25, 0.3) is 5.91 Å². The maximum Gasteiger partial charge on any atom is 0.254 e. The second-order valence-corrected chi connectivity index (χ2v) is 8.16. The van der Waals surface area contributed by atoms with Crippen molar-refractivity contribution in [2.45, 2.75) is 13.0 Å². The van der Waals surface area contributed by atoms with E-state index in [9.17, 15) is 4.79 Å². The molecule has 1 saturated heterocycles. The van der Waals surface area contributed by atoms with Crippen LogP contribution in [-0.4, -0.2) is 46.5 Å². The Kier molecular flexibility index (Phi) is 5.19. The third-order valence-electron chi connectivity index (χ3n) is 6.00. The Labute approximate surface area is 187 Å². The molecule has 1 amide bonds. The van der Waals surface area contributed by atoms with Crippen LogP contribution >= 0.6 is 0 Å². The van der Waals surface area contributed by atoms with Crippen molar-refractivity contribution in [3.8, 4) is 11.3 Å². The van der Waals surface area contributed by atoms with Crippen LogP contribution < -0.4 is 10.6 Å². The lowest BCUT2D eigenvalue weighted by Crippen LogP contribution is -2.54. The van der Waals surface area contributed by atoms with Gasteiger partial charge >= 0.3 is 0 Å². The molecule has 6 heteroatoms. The average Bonchev–Trinajstić information content (AvgIpc) is 2.84. The van der Waals surface area contributed by atoms with Crippen molar-refractivity contribution in [3.63, 3.8) is 0 Å². The third kappa shape index (κ3) is 3.75. The fourth-order valence-electron chi connectivity index (χ4n) is 4.31. The van der Waals surface area contributed by atoms with Gasteiger partial charge in [-0.3, -0.25) is 4.79 Å². The predicted octanol–water partition coefficient (Wildman–Crippen LogP) is 4.23. The third-order valence-corrected chi connectivity index (χ3v) is 6.00. The smallest absolute Gasteiger partial charge is 0.254 e. The van der Waals surface area contributed by atoms with Crippen LogP contribution in [0.5, 0.6) is 0 Å². The lowest BCUT2D eigenvalue weighted by atomic mass is 10.1. The van der Waals surface area contributed by atoms with E-state index in [2.05, 4.69) is 28.9 Å². The minimum Gasteiger partial charge on any atom is -0.382 e. The number of amides is 1. The summed E-state index contributed by atoms with van der Waals surface area (Å²) in [5.41, 5.74) is 10.9. The molecule has 160 valence electrons. The van der Waals surface area contributed by atoms with Gasteiger partial charge in [-0.25, -0.2) is 9.97 Å². The van der Waals surface area contributed by atoms with Gasteiger partial charge in [-0.15, -0.1) is 0 Å². The Hall–Kier alpha value is -3.93. The van der Waals surface area contributed by atoms with Crippen LogP contribution in [0.15, 0.2) is 78.9 Å². The molecule has 1 atom stereocenters. The number of nitrogens with two attached hydrogens (primary N) is 1. The molecule has 6 nitrogen and oxygen atoms in total. The molecule has 1 unspecified atom stereocenters. The van der Waals surface area contributed by atoms with Gasteiger partial charge in [0.05, 0.1) is 11.0 Å². The highest BCUT2D eigenvalue weighted by atomic mass is 16.2. The number of rotatable bonds is 3. The van der Waals surface area contributed by atoms with Gasteiger partial charge in [-0.1, -0.05) is 48.5 Å². The van der Waals surface area contributed by atoms with E-state index in [-0.39, 0.29) is 11.9 Å². The molecule has 1 aliphatic rings. The molecule has 0 saturated carbocycles. The molecular weight excluding hydrogens is 398 g/mol. The predicted molar refractivity (Wildman–Crippen MR) is 129 cm³/mol. The molecular formula is C26H25N5O. The molecule has 4 aromatic rings. The number of anilines is 2. The summed E-state index contributed by atoms with van der Waals surface area (Å²) in [5.74, 6) is 0.373. The molecule has 0 radical (unpaired) electrons. The number of hydrogen-bond acceptors (Lipinski definition) is 5. The quantitative estimate of drug-likeness (QED) is 0.534. The molecule has 0 bridgehead atoms. The summed E-state index contributed by atoms with van der Waals surface area (Å²) in [7, 11) is 0. The van der Waals surface area contributed by atoms with Crippen molar-refractivity contribution in [1.82, 2.24) is 14.9 Å². The van der Waals surface area contributed by atoms with Crippen LogP contribution in [0.3, 0.4) is 0 Å². The summed E-state index contributed by atoms with van der Waals surface area (Å²) in [5, 5.41) is 0. The lowest BCUT2D eigenvalue weighted by molar-refractivity contribution is 0.0674. The lowest BCUT2D eigenvalue weighted by Gasteiger charge is -2.41. The van der Waals surface area contributed by atoms with Crippen molar-refractivity contribution >= 4 is 28.4 Å². The van der Waals surface area contributed by atoms with Crippen LogP contribution in [0.1, 0.15) is 17.3 Å². The molecule has 1 aromatic heterocycles. The fraction of sp³-hybridized carbons (Fsp3) is 0.192. The maximum absolute atomic E-state index is 13.3. The molecule has 0 spiro atoms. The van der Waals surface area contributed by atoms with Crippen LogP contribution in [0.25, 0.3) is 22.3 Å². The minimum atomic E-state index is 0.0135. The zero-order chi connectivity index (χ0) is 22.1. The Bertz CT molecular complexity index is 1260. The molecule has 0 aliphatic carbocycles. The van der Waals surface area contributed by atoms with Crippen LogP contribution in [-0.2, 0) is 0 Å². The number of nitrogens with zero attached hydrogens (tertiary/aromatic N) is 4. The zero-order valence-electron chi connectivity index (χ0n) is 18.0. The van der Waals surface area contributed by atoms with Gasteiger partial charge in [0.1, 0.15) is 5.69 Å². The number of nitrogen functional groups attached to an aromatic ring is 1. The van der Waals surface area contributed by atoms with E-state index in [1.54, 1.807) is 6.07 Å². The van der Waals surface area contributed by atoms with Gasteiger partial charge in [0, 0.05) is 42.5 Å². The monoisotopic (exact) mass is 423 g/mol. The first-order chi connectivity index (χ1) is 15.6. The van der Waals surface area contributed by atoms with E-state index < -0.39 is 0 Å². The van der Waals surface area contributed by atoms with E-state index >= 15 is 0 Å². The topological polar surface area (TPSA) is 75.3 Å². The van der Waals surface area contributed by atoms with Crippen molar-refractivity contribution in [1.29, 1.82) is 0 Å². The first-order valence-electron chi connectivity index (χ1n) is 10.8. The van der Waals surface area contributed by atoms with Crippen molar-refractivity contribution < 1.29 is 4.79 Å². The molecule has 2 heterocycles. The van der Waals surface area contributed by atoms with Crippen LogP contribution in [0.2, 0.25) is 0 Å². The SMILES string of the molecule is CC1CN(c2ccccc2)CCN1C(=O)c1ccc2nc(-c3ccccc3)c(N)nc2c1. The summed E-state index contributed by atoms with van der Waals surface area (Å²) in [6.45, 7) is 4.38. The van der Waals surface area contributed by atoms with Crippen LogP contribution in [0, 0.1) is 0 Å². The second-order valence-electron chi connectivity index (χ2n) is 8.16. The normalized spacial score (nSPS) is 16.3. The summed E-state index contributed by atoms with van der Waals surface area (Å²) in [6, 6.07) is 25.7. The molecule has 3 aromatic carbocycles. The number of piperazine rings is 1. The summed E-state index contributed by atoms with van der Waals surface area (Å²) in [6.07, 6.45) is 0. The number of fused-ring (bicyclic) bond motifs is 1. The maximum atomic E-state index is 13.3. The Morgan fingerprint density at radius 2 is 1.62 bits per heavy atom. The highest BCUT2D eigenvalue weighted by Crippen LogP contribution is 2.26. The molecule has 5 rings (SSSR count). The van der Waals surface area contributed by atoms with E-state index in [0.717, 1.165) is 24.2 Å². The largest absolute Gasteiger partial charge is 0.382 e. The number of hydrogen-bond donors (Lipinski definition) is 1. The van der Waals surface area contributed by atoms with Crippen molar-refractivity contribution in [2.75, 3.05) is 30.3 Å². The summed E-state index contributed by atoms with van der Waals surface area (Å²) in [4.78, 5) is 26.8. The Balaban J connectivity index is 1.38. The van der Waals surface area contributed by atoms with Gasteiger partial charge < -0.3 is 15.5 Å². The minimum absolute atomic E-state index is 0.0135. The molecule has 32 heavy (non-hydrogen) atoms. The first kappa shape index (κ1) is 20.0. The Morgan fingerprint density at radius 1 is 0.906 bits per heavy atom. The summed E-state index contributed by atoms with van der Waals surface area (Å²) >= 11 is 0. The van der Waals surface area contributed by atoms with Gasteiger partial charge in [0.2, 0.25) is 0 Å². The van der Waals surface area contributed by atoms with E-state index in [1.165, 1.54) is 5.69 Å². The first-order valence-corrected chi connectivity index (χ1v) is 10.8. The second kappa shape index (κ2) is 8.30. The van der Waals surface area contributed by atoms with Crippen LogP contribution in [0.4, 0.5) is 11.5 Å². The van der Waals surface area contributed by atoms with E-state index in [1.807, 2.05) is 65.6 Å². The van der Waals surface area contributed by atoms with Crippen molar-refractivity contribution in [3.05, 3.63) is 84.4 Å². The molecule has 1 fully saturated rings. The zero-order valence-corrected chi connectivity index (χ0v) is 18.0. The number of carbonyl (C=O) groups is 1. The average molecular weight is 424 g/mol. The summed E-state index contributed by atoms with van der Waals surface area (Å²) < 4.78 is 0.